The van der Waals surface area contributed by atoms with Gasteiger partial charge in [0.2, 0.25) is 0 Å². The molecule has 74 valence electrons. The largest absolute Gasteiger partial charge is 0.315 e. The fraction of sp³-hybridized carbons (Fsp3) is 0.400. The molecule has 1 aliphatic rings. The third-order valence-corrected chi connectivity index (χ3v) is 2.60. The molecule has 0 unspecified atom stereocenters. The van der Waals surface area contributed by atoms with Gasteiger partial charge in [-0.25, -0.2) is 0 Å². The summed E-state index contributed by atoms with van der Waals surface area (Å²) in [6.45, 7) is 3.66. The number of hydrogen-bond acceptors (Lipinski definition) is 3. The van der Waals surface area contributed by atoms with Crippen LogP contribution < -0.4 is 5.32 Å². The number of benzene rings is 1. The number of nitro benzene ring substituents is 1. The second-order valence-electron chi connectivity index (χ2n) is 3.67. The average molecular weight is 192 g/mol. The van der Waals surface area contributed by atoms with E-state index >= 15 is 0 Å². The van der Waals surface area contributed by atoms with Crippen molar-refractivity contribution < 1.29 is 4.92 Å². The Bertz CT molecular complexity index is 372. The number of nitro groups is 1. The summed E-state index contributed by atoms with van der Waals surface area (Å²) in [5.41, 5.74) is 2.20. The summed E-state index contributed by atoms with van der Waals surface area (Å²) in [5.74, 6) is 0.315. The maximum atomic E-state index is 10.8. The maximum Gasteiger partial charge on any atom is 0.272 e. The topological polar surface area (TPSA) is 55.2 Å². The van der Waals surface area contributed by atoms with Gasteiger partial charge in [0.1, 0.15) is 0 Å². The SMILES string of the molecule is Cc1ccc([N+](=O)[O-])c(C2CNC2)c1. The Kier molecular flexibility index (Phi) is 2.21. The molecular weight excluding hydrogens is 180 g/mol. The van der Waals surface area contributed by atoms with Gasteiger partial charge >= 0.3 is 0 Å². The Hall–Kier alpha value is -1.42. The van der Waals surface area contributed by atoms with E-state index in [4.69, 9.17) is 0 Å². The summed E-state index contributed by atoms with van der Waals surface area (Å²) >= 11 is 0. The predicted octanol–water partition coefficient (Wildman–Crippen LogP) is 1.59. The molecule has 1 N–H and O–H groups in total. The van der Waals surface area contributed by atoms with Gasteiger partial charge in [-0.3, -0.25) is 10.1 Å². The number of aryl methyl sites for hydroxylation is 1. The monoisotopic (exact) mass is 192 g/mol. The lowest BCUT2D eigenvalue weighted by Gasteiger charge is -2.27. The highest BCUT2D eigenvalue weighted by atomic mass is 16.6. The molecule has 1 saturated heterocycles. The molecule has 1 aromatic carbocycles. The maximum absolute atomic E-state index is 10.8. The molecule has 0 atom stereocenters. The zero-order valence-corrected chi connectivity index (χ0v) is 7.99. The van der Waals surface area contributed by atoms with Gasteiger partial charge in [0.05, 0.1) is 4.92 Å². The van der Waals surface area contributed by atoms with E-state index in [9.17, 15) is 10.1 Å². The highest BCUT2D eigenvalue weighted by Crippen LogP contribution is 2.29. The van der Waals surface area contributed by atoms with Gasteiger partial charge in [0, 0.05) is 30.6 Å². The zero-order chi connectivity index (χ0) is 10.1. The van der Waals surface area contributed by atoms with Gasteiger partial charge in [0.15, 0.2) is 0 Å². The van der Waals surface area contributed by atoms with Crippen LogP contribution in [0.2, 0.25) is 0 Å². The number of rotatable bonds is 2. The molecule has 1 aliphatic heterocycles. The fourth-order valence-corrected chi connectivity index (χ4v) is 1.68. The first kappa shape index (κ1) is 9.15. The van der Waals surface area contributed by atoms with Gasteiger partial charge in [-0.1, -0.05) is 11.6 Å². The Labute approximate surface area is 82.1 Å². The van der Waals surface area contributed by atoms with Crippen molar-refractivity contribution in [3.63, 3.8) is 0 Å². The van der Waals surface area contributed by atoms with Crippen molar-refractivity contribution in [2.24, 2.45) is 0 Å². The van der Waals surface area contributed by atoms with Crippen LogP contribution >= 0.6 is 0 Å². The minimum Gasteiger partial charge on any atom is -0.315 e. The van der Waals surface area contributed by atoms with Crippen LogP contribution in [0, 0.1) is 17.0 Å². The van der Waals surface area contributed by atoms with Crippen molar-refractivity contribution in [3.05, 3.63) is 39.4 Å². The van der Waals surface area contributed by atoms with E-state index in [-0.39, 0.29) is 10.6 Å². The van der Waals surface area contributed by atoms with Crippen molar-refractivity contribution in [3.8, 4) is 0 Å². The molecule has 14 heavy (non-hydrogen) atoms. The summed E-state index contributed by atoms with van der Waals surface area (Å²) in [7, 11) is 0. The molecule has 1 aromatic rings. The van der Waals surface area contributed by atoms with Crippen LogP contribution in [-0.2, 0) is 0 Å². The Morgan fingerprint density at radius 1 is 1.50 bits per heavy atom. The Morgan fingerprint density at radius 2 is 2.21 bits per heavy atom. The highest BCUT2D eigenvalue weighted by Gasteiger charge is 2.26. The molecule has 0 spiro atoms. The Morgan fingerprint density at radius 3 is 2.71 bits per heavy atom. The first-order valence-corrected chi connectivity index (χ1v) is 4.64. The zero-order valence-electron chi connectivity index (χ0n) is 7.99. The van der Waals surface area contributed by atoms with Gasteiger partial charge in [0.25, 0.3) is 5.69 Å². The molecule has 0 amide bonds. The molecule has 2 rings (SSSR count). The van der Waals surface area contributed by atoms with Crippen molar-refractivity contribution >= 4 is 5.69 Å². The second-order valence-corrected chi connectivity index (χ2v) is 3.67. The first-order valence-electron chi connectivity index (χ1n) is 4.64. The molecule has 1 fully saturated rings. The molecule has 4 nitrogen and oxygen atoms in total. The number of nitrogens with zero attached hydrogens (tertiary/aromatic N) is 1. The third kappa shape index (κ3) is 1.48. The molecular formula is C10H12N2O2. The van der Waals surface area contributed by atoms with Crippen LogP contribution in [0.25, 0.3) is 0 Å². The van der Waals surface area contributed by atoms with Gasteiger partial charge in [-0.15, -0.1) is 0 Å². The molecule has 4 heteroatoms. The summed E-state index contributed by atoms with van der Waals surface area (Å²) < 4.78 is 0. The van der Waals surface area contributed by atoms with Gasteiger partial charge in [-0.2, -0.15) is 0 Å². The van der Waals surface area contributed by atoms with E-state index < -0.39 is 0 Å². The Balaban J connectivity index is 2.42. The molecule has 0 saturated carbocycles. The standard InChI is InChI=1S/C10H12N2O2/c1-7-2-3-10(12(13)14)9(4-7)8-5-11-6-8/h2-4,8,11H,5-6H2,1H3. The van der Waals surface area contributed by atoms with Gasteiger partial charge in [-0.05, 0) is 13.0 Å². The quantitative estimate of drug-likeness (QED) is 0.571. The van der Waals surface area contributed by atoms with Gasteiger partial charge < -0.3 is 5.32 Å². The predicted molar refractivity (Wildman–Crippen MR) is 53.4 cm³/mol. The van der Waals surface area contributed by atoms with Crippen molar-refractivity contribution in [2.75, 3.05) is 13.1 Å². The van der Waals surface area contributed by atoms with Crippen LogP contribution in [0.4, 0.5) is 5.69 Å². The molecule has 0 radical (unpaired) electrons. The number of nitrogens with one attached hydrogen (secondary N) is 1. The van der Waals surface area contributed by atoms with Crippen LogP contribution in [0.1, 0.15) is 17.0 Å². The van der Waals surface area contributed by atoms with Crippen LogP contribution in [0.15, 0.2) is 18.2 Å². The lowest BCUT2D eigenvalue weighted by Crippen LogP contribution is -2.40. The molecule has 1 heterocycles. The normalized spacial score (nSPS) is 16.4. The minimum absolute atomic E-state index is 0.252. The van der Waals surface area contributed by atoms with E-state index in [1.807, 2.05) is 13.0 Å². The van der Waals surface area contributed by atoms with E-state index in [1.54, 1.807) is 12.1 Å². The molecule has 0 aliphatic carbocycles. The van der Waals surface area contributed by atoms with Crippen LogP contribution in [-0.4, -0.2) is 18.0 Å². The second kappa shape index (κ2) is 3.38. The third-order valence-electron chi connectivity index (χ3n) is 2.60. The summed E-state index contributed by atoms with van der Waals surface area (Å²) in [5, 5.41) is 13.9. The molecule has 0 bridgehead atoms. The summed E-state index contributed by atoms with van der Waals surface area (Å²) in [4.78, 5) is 10.5. The first-order chi connectivity index (χ1) is 6.68. The van der Waals surface area contributed by atoms with E-state index in [1.165, 1.54) is 0 Å². The van der Waals surface area contributed by atoms with Crippen molar-refractivity contribution in [2.45, 2.75) is 12.8 Å². The fourth-order valence-electron chi connectivity index (χ4n) is 1.68. The highest BCUT2D eigenvalue weighted by molar-refractivity contribution is 5.46. The lowest BCUT2D eigenvalue weighted by molar-refractivity contribution is -0.385. The smallest absolute Gasteiger partial charge is 0.272 e. The van der Waals surface area contributed by atoms with E-state index in [0.717, 1.165) is 24.2 Å². The van der Waals surface area contributed by atoms with Crippen LogP contribution in [0.3, 0.4) is 0 Å². The molecule has 0 aromatic heterocycles. The number of hydrogen-bond donors (Lipinski definition) is 1. The van der Waals surface area contributed by atoms with Crippen LogP contribution in [0.5, 0.6) is 0 Å². The summed E-state index contributed by atoms with van der Waals surface area (Å²) in [6, 6.07) is 5.31. The summed E-state index contributed by atoms with van der Waals surface area (Å²) in [6.07, 6.45) is 0. The average Bonchev–Trinajstić information content (AvgIpc) is 2.00. The lowest BCUT2D eigenvalue weighted by atomic mass is 9.91. The van der Waals surface area contributed by atoms with E-state index in [2.05, 4.69) is 5.32 Å². The minimum atomic E-state index is -0.299. The van der Waals surface area contributed by atoms with Crippen molar-refractivity contribution in [1.82, 2.24) is 5.32 Å². The van der Waals surface area contributed by atoms with E-state index in [0.29, 0.717) is 5.92 Å². The van der Waals surface area contributed by atoms with Crippen molar-refractivity contribution in [1.29, 1.82) is 0 Å².